The van der Waals surface area contributed by atoms with Gasteiger partial charge in [-0.05, 0) is 37.2 Å². The van der Waals surface area contributed by atoms with Crippen LogP contribution in [0.1, 0.15) is 31.3 Å². The van der Waals surface area contributed by atoms with Gasteiger partial charge in [0.2, 0.25) is 0 Å². The molecule has 0 radical (unpaired) electrons. The van der Waals surface area contributed by atoms with Crippen molar-refractivity contribution in [1.29, 1.82) is 0 Å². The van der Waals surface area contributed by atoms with Crippen LogP contribution in [0.3, 0.4) is 0 Å². The fraction of sp³-hybridized carbons (Fsp3) is 0.429. The molecule has 0 atom stereocenters. The molecule has 0 spiro atoms. The maximum Gasteiger partial charge on any atom is 0.117 e. The Bertz CT molecular complexity index is 361. The minimum Gasteiger partial charge on any atom is -0.468 e. The van der Waals surface area contributed by atoms with E-state index in [2.05, 4.69) is 11.8 Å². The average molecular weight is 270 g/mol. The highest BCUT2D eigenvalue weighted by Gasteiger charge is 2.09. The van der Waals surface area contributed by atoms with Crippen LogP contribution in [0.2, 0.25) is 0 Å². The van der Waals surface area contributed by atoms with Crippen molar-refractivity contribution in [3.05, 3.63) is 48.3 Å². The molecule has 0 saturated heterocycles. The lowest BCUT2D eigenvalue weighted by molar-refractivity contribution is 0.215. The van der Waals surface area contributed by atoms with Crippen LogP contribution in [0.15, 0.2) is 45.6 Å². The van der Waals surface area contributed by atoms with E-state index in [1.54, 1.807) is 12.5 Å². The second-order valence-electron chi connectivity index (χ2n) is 4.22. The molecule has 2 aromatic rings. The van der Waals surface area contributed by atoms with Crippen LogP contribution in [0.4, 0.5) is 0 Å². The largest absolute Gasteiger partial charge is 0.468 e. The Kier molecular flexibility index (Phi) is 6.61. The van der Waals surface area contributed by atoms with Gasteiger partial charge >= 0.3 is 0 Å². The number of rotatable bonds is 7. The molecule has 0 unspecified atom stereocenters. The van der Waals surface area contributed by atoms with Gasteiger partial charge in [0.1, 0.15) is 11.5 Å². The summed E-state index contributed by atoms with van der Waals surface area (Å²) in [6, 6.07) is 7.89. The number of nitrogens with zero attached hydrogens (tertiary/aromatic N) is 1. The van der Waals surface area contributed by atoms with Gasteiger partial charge in [0.05, 0.1) is 25.6 Å². The van der Waals surface area contributed by atoms with Crippen molar-refractivity contribution >= 4 is 12.4 Å². The average Bonchev–Trinajstić information content (AvgIpc) is 2.99. The van der Waals surface area contributed by atoms with E-state index in [0.29, 0.717) is 0 Å². The first-order valence-corrected chi connectivity index (χ1v) is 6.15. The van der Waals surface area contributed by atoms with E-state index in [4.69, 9.17) is 8.83 Å². The van der Waals surface area contributed by atoms with Gasteiger partial charge in [-0.3, -0.25) is 4.90 Å². The minimum atomic E-state index is 0. The third-order valence-corrected chi connectivity index (χ3v) is 2.75. The number of hydrogen-bond acceptors (Lipinski definition) is 3. The molecule has 0 amide bonds. The lowest BCUT2D eigenvalue weighted by Gasteiger charge is -2.19. The standard InChI is InChI=1S/C14H19NO2.ClH/c1-2-3-8-15(11-13-6-4-9-16-13)12-14-7-5-10-17-14;/h4-7,9-10H,2-3,8,11-12H2,1H3;1H. The van der Waals surface area contributed by atoms with Gasteiger partial charge in [0.15, 0.2) is 0 Å². The zero-order chi connectivity index (χ0) is 11.9. The summed E-state index contributed by atoms with van der Waals surface area (Å²) in [7, 11) is 0. The monoisotopic (exact) mass is 269 g/mol. The molecular formula is C14H20ClNO2. The molecule has 0 bridgehead atoms. The highest BCUT2D eigenvalue weighted by Crippen LogP contribution is 2.11. The Morgan fingerprint density at radius 2 is 1.56 bits per heavy atom. The highest BCUT2D eigenvalue weighted by atomic mass is 35.5. The number of unbranched alkanes of at least 4 members (excludes halogenated alkanes) is 1. The van der Waals surface area contributed by atoms with Gasteiger partial charge in [-0.15, -0.1) is 12.4 Å². The molecule has 3 nitrogen and oxygen atoms in total. The molecule has 18 heavy (non-hydrogen) atoms. The van der Waals surface area contributed by atoms with Crippen molar-refractivity contribution in [2.75, 3.05) is 6.54 Å². The molecule has 4 heteroatoms. The van der Waals surface area contributed by atoms with E-state index in [9.17, 15) is 0 Å². The van der Waals surface area contributed by atoms with Crippen molar-refractivity contribution in [1.82, 2.24) is 4.90 Å². The van der Waals surface area contributed by atoms with Gasteiger partial charge < -0.3 is 8.83 Å². The van der Waals surface area contributed by atoms with Gasteiger partial charge in [-0.1, -0.05) is 13.3 Å². The second kappa shape index (κ2) is 8.01. The van der Waals surface area contributed by atoms with Crippen LogP contribution in [0, 0.1) is 0 Å². The fourth-order valence-electron chi connectivity index (χ4n) is 1.84. The molecule has 0 aliphatic rings. The van der Waals surface area contributed by atoms with Crippen LogP contribution >= 0.6 is 12.4 Å². The maximum absolute atomic E-state index is 5.39. The van der Waals surface area contributed by atoms with Gasteiger partial charge in [0, 0.05) is 0 Å². The second-order valence-corrected chi connectivity index (χ2v) is 4.22. The van der Waals surface area contributed by atoms with Gasteiger partial charge in [0.25, 0.3) is 0 Å². The summed E-state index contributed by atoms with van der Waals surface area (Å²) in [4.78, 5) is 2.35. The Hall–Kier alpha value is -1.19. The summed E-state index contributed by atoms with van der Waals surface area (Å²) in [5, 5.41) is 0. The SMILES string of the molecule is CCCCN(Cc1ccco1)Cc1ccco1.Cl. The molecule has 2 rings (SSSR count). The molecule has 2 heterocycles. The van der Waals surface area contributed by atoms with E-state index >= 15 is 0 Å². The first kappa shape index (κ1) is 14.9. The maximum atomic E-state index is 5.39. The first-order chi connectivity index (χ1) is 8.38. The molecule has 100 valence electrons. The molecule has 0 aliphatic heterocycles. The van der Waals surface area contributed by atoms with Crippen LogP contribution in [0.5, 0.6) is 0 Å². The van der Waals surface area contributed by atoms with Crippen LogP contribution < -0.4 is 0 Å². The van der Waals surface area contributed by atoms with Crippen LogP contribution in [0.25, 0.3) is 0 Å². The summed E-state index contributed by atoms with van der Waals surface area (Å²) in [5.74, 6) is 2.01. The van der Waals surface area contributed by atoms with Crippen LogP contribution in [-0.4, -0.2) is 11.4 Å². The summed E-state index contributed by atoms with van der Waals surface area (Å²) in [5.41, 5.74) is 0. The third-order valence-electron chi connectivity index (χ3n) is 2.75. The van der Waals surface area contributed by atoms with Crippen molar-refractivity contribution in [3.8, 4) is 0 Å². The zero-order valence-corrected chi connectivity index (χ0v) is 11.5. The summed E-state index contributed by atoms with van der Waals surface area (Å²) < 4.78 is 10.8. The Morgan fingerprint density at radius 3 is 1.94 bits per heavy atom. The minimum absolute atomic E-state index is 0. The summed E-state index contributed by atoms with van der Waals surface area (Å²) >= 11 is 0. The molecule has 0 fully saturated rings. The topological polar surface area (TPSA) is 29.5 Å². The number of hydrogen-bond donors (Lipinski definition) is 0. The lowest BCUT2D eigenvalue weighted by Crippen LogP contribution is -2.23. The van der Waals surface area contributed by atoms with Crippen molar-refractivity contribution in [2.24, 2.45) is 0 Å². The summed E-state index contributed by atoms with van der Waals surface area (Å²) in [6.45, 7) is 4.96. The smallest absolute Gasteiger partial charge is 0.117 e. The zero-order valence-electron chi connectivity index (χ0n) is 10.7. The van der Waals surface area contributed by atoms with E-state index < -0.39 is 0 Å². The van der Waals surface area contributed by atoms with Crippen molar-refractivity contribution < 1.29 is 8.83 Å². The molecule has 2 aromatic heterocycles. The van der Waals surface area contributed by atoms with Gasteiger partial charge in [-0.25, -0.2) is 0 Å². The van der Waals surface area contributed by atoms with Crippen molar-refractivity contribution in [2.45, 2.75) is 32.9 Å². The Labute approximate surface area is 114 Å². The Morgan fingerprint density at radius 1 is 1.00 bits per heavy atom. The van der Waals surface area contributed by atoms with Gasteiger partial charge in [-0.2, -0.15) is 0 Å². The molecule has 0 aromatic carbocycles. The predicted octanol–water partition coefficient (Wildman–Crippen LogP) is 4.10. The van der Waals surface area contributed by atoms with E-state index in [1.807, 2.05) is 24.3 Å². The predicted molar refractivity (Wildman–Crippen MR) is 73.7 cm³/mol. The van der Waals surface area contributed by atoms with Crippen LogP contribution in [-0.2, 0) is 13.1 Å². The fourth-order valence-corrected chi connectivity index (χ4v) is 1.84. The third kappa shape index (κ3) is 4.59. The molecule has 0 saturated carbocycles. The highest BCUT2D eigenvalue weighted by molar-refractivity contribution is 5.85. The molecule has 0 aliphatic carbocycles. The first-order valence-electron chi connectivity index (χ1n) is 6.15. The molecular weight excluding hydrogens is 250 g/mol. The normalized spacial score (nSPS) is 10.6. The van der Waals surface area contributed by atoms with E-state index in [0.717, 1.165) is 31.2 Å². The quantitative estimate of drug-likeness (QED) is 0.758. The lowest BCUT2D eigenvalue weighted by atomic mass is 10.3. The number of furan rings is 2. The Balaban J connectivity index is 0.00000162. The van der Waals surface area contributed by atoms with Crippen molar-refractivity contribution in [3.63, 3.8) is 0 Å². The summed E-state index contributed by atoms with van der Waals surface area (Å²) in [6.07, 6.45) is 5.84. The number of halogens is 1. The molecule has 0 N–H and O–H groups in total. The van der Waals surface area contributed by atoms with E-state index in [1.165, 1.54) is 12.8 Å². The van der Waals surface area contributed by atoms with E-state index in [-0.39, 0.29) is 12.4 Å².